The molecule has 1 amide bonds. The normalized spacial score (nSPS) is 16.2. The van der Waals surface area contributed by atoms with Crippen LogP contribution < -0.4 is 16.0 Å². The lowest BCUT2D eigenvalue weighted by Crippen LogP contribution is -2.41. The second-order valence-corrected chi connectivity index (χ2v) is 19.4. The van der Waals surface area contributed by atoms with Crippen LogP contribution >= 0.6 is 0 Å². The molecule has 368 valence electrons. The maximum atomic E-state index is 13.5. The summed E-state index contributed by atoms with van der Waals surface area (Å²) in [4.78, 5) is 14.2. The molecule has 3 N–H and O–H groups in total. The minimum Gasteiger partial charge on any atom is -0.444 e. The molecule has 0 bridgehead atoms. The Labute approximate surface area is 400 Å². The molecule has 4 heterocycles. The van der Waals surface area contributed by atoms with Gasteiger partial charge in [0.05, 0.1) is 34.6 Å². The first-order chi connectivity index (χ1) is 32.5. The Bertz CT molecular complexity index is 2790. The van der Waals surface area contributed by atoms with E-state index in [1.54, 1.807) is 17.0 Å². The molecule has 69 heavy (non-hydrogen) atoms. The number of carbonyl (C=O) groups excluding carboxylic acids is 1. The van der Waals surface area contributed by atoms with E-state index in [0.717, 1.165) is 89.4 Å². The number of carbonyl (C=O) groups is 1. The molecule has 4 aromatic carbocycles. The van der Waals surface area contributed by atoms with Crippen molar-refractivity contribution in [3.63, 3.8) is 0 Å². The number of benzene rings is 4. The third kappa shape index (κ3) is 11.9. The quantitative estimate of drug-likeness (QED) is 0.128. The number of hydrogen-bond acceptors (Lipinski definition) is 9. The molecule has 16 heteroatoms. The fourth-order valence-electron chi connectivity index (χ4n) is 9.64. The second-order valence-electron chi connectivity index (χ2n) is 19.4. The summed E-state index contributed by atoms with van der Waals surface area (Å²) in [6.07, 6.45) is -5.28. The summed E-state index contributed by atoms with van der Waals surface area (Å²) in [5.74, 6) is 1.89. The van der Waals surface area contributed by atoms with Crippen molar-refractivity contribution in [1.29, 1.82) is 0 Å². The fraction of sp³-hybridized carbons (Fsp3) is 0.453. The van der Waals surface area contributed by atoms with Gasteiger partial charge < -0.3 is 25.6 Å². The van der Waals surface area contributed by atoms with E-state index in [-0.39, 0.29) is 29.2 Å². The summed E-state index contributed by atoms with van der Waals surface area (Å²) < 4.78 is 85.9. The van der Waals surface area contributed by atoms with Gasteiger partial charge in [0.15, 0.2) is 11.6 Å². The molecule has 10 nitrogen and oxygen atoms in total. The van der Waals surface area contributed by atoms with Crippen molar-refractivity contribution in [2.45, 2.75) is 130 Å². The van der Waals surface area contributed by atoms with E-state index in [0.29, 0.717) is 41.8 Å². The summed E-state index contributed by atoms with van der Waals surface area (Å²) in [7, 11) is 0. The monoisotopic (exact) mass is 956 g/mol. The minimum atomic E-state index is -4.41. The van der Waals surface area contributed by atoms with Gasteiger partial charge in [-0.05, 0) is 171 Å². The van der Waals surface area contributed by atoms with Gasteiger partial charge in [0.1, 0.15) is 5.60 Å². The number of ether oxygens (including phenoxy) is 1. The number of amides is 1. The number of halogens is 6. The molecule has 2 atom stereocenters. The van der Waals surface area contributed by atoms with Crippen LogP contribution in [-0.2, 0) is 17.1 Å². The predicted octanol–water partition coefficient (Wildman–Crippen LogP) is 13.5. The van der Waals surface area contributed by atoms with Gasteiger partial charge in [0.25, 0.3) is 0 Å². The smallest absolute Gasteiger partial charge is 0.416 e. The number of alkyl halides is 6. The highest BCUT2D eigenvalue weighted by atomic mass is 19.4. The summed E-state index contributed by atoms with van der Waals surface area (Å²) in [5.41, 5.74) is 3.83. The van der Waals surface area contributed by atoms with E-state index in [4.69, 9.17) is 4.74 Å². The van der Waals surface area contributed by atoms with E-state index in [2.05, 4.69) is 66.7 Å². The fourth-order valence-corrected chi connectivity index (χ4v) is 9.64. The van der Waals surface area contributed by atoms with Crippen molar-refractivity contribution in [1.82, 2.24) is 30.6 Å². The van der Waals surface area contributed by atoms with Crippen LogP contribution in [0.4, 0.5) is 42.8 Å². The Morgan fingerprint density at radius 3 is 1.45 bits per heavy atom. The third-order valence-electron chi connectivity index (χ3n) is 13.4. The lowest BCUT2D eigenvalue weighted by molar-refractivity contribution is -0.138. The number of nitrogens with zero attached hydrogens (tertiary/aromatic N) is 5. The zero-order valence-corrected chi connectivity index (χ0v) is 40.7. The van der Waals surface area contributed by atoms with Gasteiger partial charge in [0.2, 0.25) is 0 Å². The molecule has 0 aliphatic carbocycles. The lowest BCUT2D eigenvalue weighted by atomic mass is 9.88. The largest absolute Gasteiger partial charge is 0.444 e. The van der Waals surface area contributed by atoms with Crippen molar-refractivity contribution in [3.8, 4) is 0 Å². The molecular weight excluding hydrogens is 895 g/mol. The van der Waals surface area contributed by atoms with Gasteiger partial charge in [-0.1, -0.05) is 48.5 Å². The van der Waals surface area contributed by atoms with Crippen LogP contribution in [0.5, 0.6) is 0 Å². The Morgan fingerprint density at radius 2 is 1.04 bits per heavy atom. The topological polar surface area (TPSA) is 117 Å². The zero-order valence-electron chi connectivity index (χ0n) is 40.7. The van der Waals surface area contributed by atoms with E-state index in [1.807, 2.05) is 54.5 Å². The number of nitrogens with one attached hydrogen (secondary N) is 3. The molecule has 8 rings (SSSR count). The molecular formula is C53H62F6N8O2. The summed E-state index contributed by atoms with van der Waals surface area (Å²) >= 11 is 0. The number of anilines is 2. The molecule has 2 saturated heterocycles. The van der Waals surface area contributed by atoms with Crippen molar-refractivity contribution >= 4 is 39.3 Å². The van der Waals surface area contributed by atoms with Gasteiger partial charge in [-0.25, -0.2) is 4.79 Å². The SMILES string of the molecule is Cc1c([C@@H](C)Nc2nnc(C)c3ccc(C4CCN(C(=O)OC(C)(C)C)CC4)cc23)cccc1C(F)(F)F.Cc1c([C@@H](C)Nc2nnc(C)c3ccc(C4CCNCC4)cc23)cccc1C(F)(F)F. The van der Waals surface area contributed by atoms with Gasteiger partial charge >= 0.3 is 18.4 Å². The molecule has 0 radical (unpaired) electrons. The first-order valence-corrected chi connectivity index (χ1v) is 23.6. The van der Waals surface area contributed by atoms with Gasteiger partial charge in [0, 0.05) is 34.6 Å². The van der Waals surface area contributed by atoms with Crippen LogP contribution in [0.1, 0.15) is 140 Å². The van der Waals surface area contributed by atoms with Crippen molar-refractivity contribution in [2.75, 3.05) is 36.8 Å². The van der Waals surface area contributed by atoms with Gasteiger partial charge in [-0.2, -0.15) is 36.5 Å². The zero-order chi connectivity index (χ0) is 50.0. The first-order valence-electron chi connectivity index (χ1n) is 23.6. The molecule has 0 saturated carbocycles. The van der Waals surface area contributed by atoms with Gasteiger partial charge in [-0.15, -0.1) is 10.2 Å². The highest BCUT2D eigenvalue weighted by molar-refractivity contribution is 5.94. The maximum absolute atomic E-state index is 13.5. The van der Waals surface area contributed by atoms with Crippen LogP contribution in [0.15, 0.2) is 72.8 Å². The molecule has 2 fully saturated rings. The van der Waals surface area contributed by atoms with Crippen LogP contribution in [0.2, 0.25) is 0 Å². The number of fused-ring (bicyclic) bond motifs is 2. The highest BCUT2D eigenvalue weighted by Gasteiger charge is 2.35. The minimum absolute atomic E-state index is 0.196. The van der Waals surface area contributed by atoms with E-state index >= 15 is 0 Å². The number of rotatable bonds is 8. The van der Waals surface area contributed by atoms with Gasteiger partial charge in [-0.3, -0.25) is 0 Å². The average molecular weight is 957 g/mol. The van der Waals surface area contributed by atoms with Crippen LogP contribution in [0, 0.1) is 27.7 Å². The number of aromatic nitrogens is 4. The standard InChI is InChI=1S/C29H35F3N4O2.C24H27F3N4/c1-17-22(8-7-9-25(17)29(30,31)32)18(2)33-26-24-16-21(10-11-23(24)19(3)34-35-26)20-12-14-36(15-13-20)27(37)38-28(4,5)6;1-14-19(5-4-6-22(14)24(25,26)27)15(2)29-23-21-13-18(17-9-11-28-12-10-17)7-8-20(21)16(3)30-31-23/h7-11,16,18,20H,12-15H2,1-6H3,(H,33,35);4-8,13,15,17,28H,9-12H2,1-3H3,(H,29,31)/t18-;15-/m11/s1. The Balaban J connectivity index is 0.000000208. The lowest BCUT2D eigenvalue weighted by Gasteiger charge is -2.33. The molecule has 2 aliphatic heterocycles. The average Bonchev–Trinajstić information content (AvgIpc) is 3.30. The Morgan fingerprint density at radius 1 is 0.623 bits per heavy atom. The molecule has 0 spiro atoms. The second kappa shape index (κ2) is 20.5. The maximum Gasteiger partial charge on any atom is 0.416 e. The van der Waals surface area contributed by atoms with E-state index in [1.165, 1.54) is 31.5 Å². The number of hydrogen-bond donors (Lipinski definition) is 3. The summed E-state index contributed by atoms with van der Waals surface area (Å²) in [6, 6.07) is 20.4. The predicted molar refractivity (Wildman–Crippen MR) is 260 cm³/mol. The first kappa shape index (κ1) is 50.8. The van der Waals surface area contributed by atoms with E-state index < -0.39 is 35.1 Å². The van der Waals surface area contributed by atoms with E-state index in [9.17, 15) is 31.1 Å². The number of likely N-dealkylation sites (tertiary alicyclic amines) is 1. The Hall–Kier alpha value is -6.03. The van der Waals surface area contributed by atoms with Crippen LogP contribution in [0.3, 0.4) is 0 Å². The summed E-state index contributed by atoms with van der Waals surface area (Å²) in [5, 5.41) is 31.1. The van der Waals surface area contributed by atoms with Crippen LogP contribution in [0.25, 0.3) is 21.5 Å². The molecule has 0 unspecified atom stereocenters. The van der Waals surface area contributed by atoms with Crippen molar-refractivity contribution in [3.05, 3.63) is 129 Å². The molecule has 2 aliphatic rings. The third-order valence-corrected chi connectivity index (χ3v) is 13.4. The van der Waals surface area contributed by atoms with Crippen LogP contribution in [-0.4, -0.2) is 63.2 Å². The molecule has 6 aromatic rings. The summed E-state index contributed by atoms with van der Waals surface area (Å²) in [6.45, 7) is 19.3. The van der Waals surface area contributed by atoms with Crippen molar-refractivity contribution in [2.24, 2.45) is 0 Å². The Kier molecular flexibility index (Phi) is 15.1. The van der Waals surface area contributed by atoms with Crippen molar-refractivity contribution < 1.29 is 35.9 Å². The molecule has 2 aromatic heterocycles. The highest BCUT2D eigenvalue weighted by Crippen LogP contribution is 2.39. The number of aryl methyl sites for hydroxylation is 2. The number of piperidine rings is 2.